The Balaban J connectivity index is 2.07. The SMILES string of the molecule is OCC#Cc1ccc(OC2CCOC2)cc1F. The van der Waals surface area contributed by atoms with E-state index in [2.05, 4.69) is 11.8 Å². The summed E-state index contributed by atoms with van der Waals surface area (Å²) in [4.78, 5) is 0. The summed E-state index contributed by atoms with van der Waals surface area (Å²) in [5.74, 6) is 4.97. The number of ether oxygens (including phenoxy) is 2. The molecule has 2 rings (SSSR count). The number of aliphatic hydroxyl groups is 1. The lowest BCUT2D eigenvalue weighted by molar-refractivity contribution is 0.141. The highest BCUT2D eigenvalue weighted by atomic mass is 19.1. The van der Waals surface area contributed by atoms with Crippen molar-refractivity contribution in [2.75, 3.05) is 19.8 Å². The van der Waals surface area contributed by atoms with Crippen LogP contribution in [0, 0.1) is 17.7 Å². The summed E-state index contributed by atoms with van der Waals surface area (Å²) in [5.41, 5.74) is 0.258. The maximum absolute atomic E-state index is 13.6. The van der Waals surface area contributed by atoms with Gasteiger partial charge in [0, 0.05) is 12.5 Å². The Hall–Kier alpha value is -1.57. The van der Waals surface area contributed by atoms with Crippen LogP contribution in [0.25, 0.3) is 0 Å². The van der Waals surface area contributed by atoms with E-state index in [4.69, 9.17) is 14.6 Å². The maximum atomic E-state index is 13.6. The van der Waals surface area contributed by atoms with Gasteiger partial charge < -0.3 is 14.6 Å². The van der Waals surface area contributed by atoms with Crippen LogP contribution in [0.4, 0.5) is 4.39 Å². The van der Waals surface area contributed by atoms with Crippen LogP contribution in [0.2, 0.25) is 0 Å². The van der Waals surface area contributed by atoms with Gasteiger partial charge in [0.2, 0.25) is 0 Å². The van der Waals surface area contributed by atoms with Crippen molar-refractivity contribution in [3.05, 3.63) is 29.6 Å². The van der Waals surface area contributed by atoms with Gasteiger partial charge >= 0.3 is 0 Å². The Morgan fingerprint density at radius 1 is 1.53 bits per heavy atom. The van der Waals surface area contributed by atoms with Crippen LogP contribution >= 0.6 is 0 Å². The Morgan fingerprint density at radius 2 is 2.41 bits per heavy atom. The minimum absolute atomic E-state index is 0.00350. The number of hydrogen-bond acceptors (Lipinski definition) is 3. The third-order valence-electron chi connectivity index (χ3n) is 2.43. The summed E-state index contributed by atoms with van der Waals surface area (Å²) in [5, 5.41) is 8.53. The average Bonchev–Trinajstić information content (AvgIpc) is 2.81. The molecule has 0 bridgehead atoms. The zero-order chi connectivity index (χ0) is 12.1. The van der Waals surface area contributed by atoms with Gasteiger partial charge in [0.1, 0.15) is 24.3 Å². The van der Waals surface area contributed by atoms with Gasteiger partial charge in [-0.25, -0.2) is 4.39 Å². The molecule has 0 spiro atoms. The Labute approximate surface area is 99.2 Å². The number of aliphatic hydroxyl groups excluding tert-OH is 1. The van der Waals surface area contributed by atoms with Crippen molar-refractivity contribution in [2.45, 2.75) is 12.5 Å². The van der Waals surface area contributed by atoms with Crippen LogP contribution in [-0.4, -0.2) is 31.0 Å². The van der Waals surface area contributed by atoms with Gasteiger partial charge in [-0.2, -0.15) is 0 Å². The molecule has 1 unspecified atom stereocenters. The molecule has 0 aliphatic carbocycles. The van der Waals surface area contributed by atoms with Gasteiger partial charge in [-0.15, -0.1) is 0 Å². The smallest absolute Gasteiger partial charge is 0.142 e. The van der Waals surface area contributed by atoms with Crippen LogP contribution in [-0.2, 0) is 4.74 Å². The second-order valence-corrected chi connectivity index (χ2v) is 3.70. The van der Waals surface area contributed by atoms with Crippen LogP contribution < -0.4 is 4.74 Å². The molecule has 1 heterocycles. The zero-order valence-electron chi connectivity index (χ0n) is 9.28. The molecule has 4 heteroatoms. The summed E-state index contributed by atoms with van der Waals surface area (Å²) in [6, 6.07) is 4.52. The molecule has 1 fully saturated rings. The number of halogens is 1. The molecule has 1 atom stereocenters. The molecule has 1 aliphatic heterocycles. The minimum Gasteiger partial charge on any atom is -0.488 e. The van der Waals surface area contributed by atoms with Crippen molar-refractivity contribution in [1.29, 1.82) is 0 Å². The molecule has 1 saturated heterocycles. The van der Waals surface area contributed by atoms with Gasteiger partial charge in [0.05, 0.1) is 18.8 Å². The fourth-order valence-corrected chi connectivity index (χ4v) is 1.60. The van der Waals surface area contributed by atoms with Gasteiger partial charge in [-0.1, -0.05) is 11.8 Å². The van der Waals surface area contributed by atoms with Crippen LogP contribution in [0.1, 0.15) is 12.0 Å². The van der Waals surface area contributed by atoms with E-state index in [0.717, 1.165) is 6.42 Å². The summed E-state index contributed by atoms with van der Waals surface area (Å²) in [7, 11) is 0. The molecular formula is C13H13FO3. The molecule has 1 aromatic rings. The first-order valence-corrected chi connectivity index (χ1v) is 5.43. The van der Waals surface area contributed by atoms with Gasteiger partial charge in [-0.05, 0) is 12.1 Å². The van der Waals surface area contributed by atoms with Crippen LogP contribution in [0.3, 0.4) is 0 Å². The first kappa shape index (κ1) is 11.9. The van der Waals surface area contributed by atoms with E-state index in [0.29, 0.717) is 19.0 Å². The highest BCUT2D eigenvalue weighted by Crippen LogP contribution is 2.19. The largest absolute Gasteiger partial charge is 0.488 e. The fraction of sp³-hybridized carbons (Fsp3) is 0.385. The number of hydrogen-bond donors (Lipinski definition) is 1. The molecular weight excluding hydrogens is 223 g/mol. The molecule has 90 valence electrons. The monoisotopic (exact) mass is 236 g/mol. The second-order valence-electron chi connectivity index (χ2n) is 3.70. The Morgan fingerprint density at radius 3 is 3.06 bits per heavy atom. The molecule has 0 radical (unpaired) electrons. The van der Waals surface area contributed by atoms with E-state index < -0.39 is 5.82 Å². The zero-order valence-corrected chi connectivity index (χ0v) is 9.28. The molecule has 0 amide bonds. The van der Waals surface area contributed by atoms with E-state index in [-0.39, 0.29) is 18.3 Å². The standard InChI is InChI=1S/C13H13FO3/c14-13-8-11(17-12-5-7-16-9-12)4-3-10(13)2-1-6-15/h3-4,8,12,15H,5-7,9H2. The predicted molar refractivity (Wildman–Crippen MR) is 60.2 cm³/mol. The molecule has 0 saturated carbocycles. The topological polar surface area (TPSA) is 38.7 Å². The highest BCUT2D eigenvalue weighted by molar-refractivity contribution is 5.39. The van der Waals surface area contributed by atoms with Crippen molar-refractivity contribution in [3.63, 3.8) is 0 Å². The molecule has 1 aliphatic rings. The van der Waals surface area contributed by atoms with Gasteiger partial charge in [0.15, 0.2) is 0 Å². The van der Waals surface area contributed by atoms with Gasteiger partial charge in [-0.3, -0.25) is 0 Å². The van der Waals surface area contributed by atoms with Crippen LogP contribution in [0.5, 0.6) is 5.75 Å². The number of rotatable bonds is 2. The van der Waals surface area contributed by atoms with E-state index in [1.54, 1.807) is 12.1 Å². The average molecular weight is 236 g/mol. The first-order chi connectivity index (χ1) is 8.29. The van der Waals surface area contributed by atoms with E-state index in [1.165, 1.54) is 6.07 Å². The highest BCUT2D eigenvalue weighted by Gasteiger charge is 2.17. The predicted octanol–water partition coefficient (Wildman–Crippen LogP) is 1.34. The van der Waals surface area contributed by atoms with Crippen molar-refractivity contribution >= 4 is 0 Å². The van der Waals surface area contributed by atoms with E-state index in [9.17, 15) is 4.39 Å². The number of benzene rings is 1. The van der Waals surface area contributed by atoms with Crippen molar-refractivity contribution in [3.8, 4) is 17.6 Å². The van der Waals surface area contributed by atoms with Crippen molar-refractivity contribution in [1.82, 2.24) is 0 Å². The lowest BCUT2D eigenvalue weighted by Crippen LogP contribution is -2.15. The first-order valence-electron chi connectivity index (χ1n) is 5.43. The third kappa shape index (κ3) is 3.19. The fourth-order valence-electron chi connectivity index (χ4n) is 1.60. The summed E-state index contributed by atoms with van der Waals surface area (Å²) >= 11 is 0. The van der Waals surface area contributed by atoms with E-state index in [1.807, 2.05) is 0 Å². The summed E-state index contributed by atoms with van der Waals surface area (Å²) in [6.45, 7) is 0.956. The lowest BCUT2D eigenvalue weighted by Gasteiger charge is -2.11. The molecule has 0 aromatic heterocycles. The van der Waals surface area contributed by atoms with Crippen LogP contribution in [0.15, 0.2) is 18.2 Å². The quantitative estimate of drug-likeness (QED) is 0.787. The maximum Gasteiger partial charge on any atom is 0.142 e. The summed E-state index contributed by atoms with van der Waals surface area (Å²) in [6.07, 6.45) is 0.831. The Bertz CT molecular complexity index is 442. The van der Waals surface area contributed by atoms with Crippen molar-refractivity contribution < 1.29 is 19.0 Å². The molecule has 1 aromatic carbocycles. The third-order valence-corrected chi connectivity index (χ3v) is 2.43. The van der Waals surface area contributed by atoms with Gasteiger partial charge in [0.25, 0.3) is 0 Å². The minimum atomic E-state index is -0.442. The Kier molecular flexibility index (Phi) is 3.97. The molecule has 3 nitrogen and oxygen atoms in total. The van der Waals surface area contributed by atoms with Crippen molar-refractivity contribution in [2.24, 2.45) is 0 Å². The second kappa shape index (κ2) is 5.67. The lowest BCUT2D eigenvalue weighted by atomic mass is 10.2. The normalized spacial score (nSPS) is 18.6. The molecule has 17 heavy (non-hydrogen) atoms. The molecule has 1 N–H and O–H groups in total. The van der Waals surface area contributed by atoms with E-state index >= 15 is 0 Å². The summed E-state index contributed by atoms with van der Waals surface area (Å²) < 4.78 is 24.3.